The summed E-state index contributed by atoms with van der Waals surface area (Å²) < 4.78 is 16.5. The number of hydrogen-bond acceptors (Lipinski definition) is 13. The summed E-state index contributed by atoms with van der Waals surface area (Å²) in [4.78, 5) is 74.6. The van der Waals surface area contributed by atoms with E-state index in [9.17, 15) is 19.2 Å². The minimum absolute atomic E-state index is 0.0129. The van der Waals surface area contributed by atoms with E-state index >= 15 is 0 Å². The summed E-state index contributed by atoms with van der Waals surface area (Å²) in [7, 11) is 3.01. The summed E-state index contributed by atoms with van der Waals surface area (Å²) in [6, 6.07) is 38.0. The second-order valence-corrected chi connectivity index (χ2v) is 21.7. The van der Waals surface area contributed by atoms with Crippen molar-refractivity contribution in [3.8, 4) is 16.8 Å². The molecule has 4 aromatic carbocycles. The van der Waals surface area contributed by atoms with Crippen LogP contribution in [-0.2, 0) is 23.4 Å². The highest BCUT2D eigenvalue weighted by Gasteiger charge is 2.52. The third-order valence-corrected chi connectivity index (χ3v) is 15.3. The number of halogens is 1. The fraction of sp³-hybridized carbons (Fsp3) is 0.219. The minimum atomic E-state index is -0.524. The number of carbonyl (C=O) groups excluding carboxylic acids is 1. The van der Waals surface area contributed by atoms with Crippen LogP contribution in [0.3, 0.4) is 0 Å². The van der Waals surface area contributed by atoms with Crippen molar-refractivity contribution in [2.24, 2.45) is 14.1 Å². The van der Waals surface area contributed by atoms with Gasteiger partial charge in [-0.1, -0.05) is 103 Å². The number of ketones is 1. The van der Waals surface area contributed by atoms with Gasteiger partial charge in [0, 0.05) is 74.0 Å². The number of nitrogens with one attached hydrogen (secondary N) is 2. The number of para-hydroxylation sites is 1. The van der Waals surface area contributed by atoms with Gasteiger partial charge < -0.3 is 34.8 Å². The highest BCUT2D eigenvalue weighted by Crippen LogP contribution is 2.42. The summed E-state index contributed by atoms with van der Waals surface area (Å²) in [6.07, 6.45) is 8.45. The van der Waals surface area contributed by atoms with E-state index in [2.05, 4.69) is 46.3 Å². The van der Waals surface area contributed by atoms with Gasteiger partial charge >= 0.3 is 7.12 Å². The fourth-order valence-electron chi connectivity index (χ4n) is 9.91. The summed E-state index contributed by atoms with van der Waals surface area (Å²) in [6.45, 7) is 28.5. The molecule has 422 valence electrons. The molecule has 1 fully saturated rings. The zero-order valence-electron chi connectivity index (χ0n) is 47.8. The van der Waals surface area contributed by atoms with Crippen molar-refractivity contribution in [2.75, 3.05) is 16.4 Å². The lowest BCUT2D eigenvalue weighted by atomic mass is 9.74. The van der Waals surface area contributed by atoms with Crippen LogP contribution in [0.25, 0.3) is 43.4 Å². The monoisotopic (exact) mass is 1140 g/mol. The first-order chi connectivity index (χ1) is 40.1. The van der Waals surface area contributed by atoms with Crippen LogP contribution in [-0.4, -0.2) is 63.8 Å². The number of fused-ring (bicyclic) bond motifs is 2. The lowest BCUT2D eigenvalue weighted by Gasteiger charge is -2.32. The molecule has 1 aliphatic carbocycles. The lowest BCUT2D eigenvalue weighted by molar-refractivity contribution is 0.00578. The van der Waals surface area contributed by atoms with Crippen LogP contribution in [0.15, 0.2) is 172 Å². The van der Waals surface area contributed by atoms with Crippen molar-refractivity contribution < 1.29 is 14.1 Å². The van der Waals surface area contributed by atoms with E-state index in [1.165, 1.54) is 33.7 Å². The van der Waals surface area contributed by atoms with Crippen molar-refractivity contribution in [3.05, 3.63) is 245 Å². The van der Waals surface area contributed by atoms with Gasteiger partial charge in [-0.2, -0.15) is 0 Å². The molecule has 11 rings (SSSR count). The fourth-order valence-corrected chi connectivity index (χ4v) is 10.2. The number of rotatable bonds is 10. The maximum Gasteiger partial charge on any atom is 0.496 e. The standard InChI is InChI=1S/C30H25N5O2.C22H17ClN6O.C12H18BNO3/c1-18(33-30-25(31-3)16-32-19(2)34-30)24-15-21-11-8-12-23(22-13-14-26(36)35(4)17-22)28(21)29(37)27(24)20-9-6-5-7-10-20;1-13(27-20-17(25-2)12-26-22(24)28-20)18-11-14-7-6-10-16(23)19(14)21(30)29(18)15-8-4-3-5-9-15;1-11(2)12(3,4)17-13(16-11)9-6-7-10(15)14(5)8-9/h5-18,27H,1-2,4H3,(H,32,33,34);3-13H,1H3,(H3,24,26,27,28);6-8H,1-5H3/t18-,27?;13-;/m00./s1. The predicted octanol–water partition coefficient (Wildman–Crippen LogP) is 11.0. The maximum atomic E-state index is 14.3. The average molecular weight is 1140 g/mol. The number of nitrogens with two attached hydrogens (primary N) is 1. The van der Waals surface area contributed by atoms with E-state index in [1.807, 2.05) is 133 Å². The number of carbonyl (C=O) groups is 1. The third-order valence-electron chi connectivity index (χ3n) is 15.0. The number of Topliss-reactive ketones (excluding diaryl/α,β-unsaturated/α-hetero) is 1. The summed E-state index contributed by atoms with van der Waals surface area (Å²) in [5.74, 6) is 0.832. The molecule has 1 unspecified atom stereocenters. The Balaban J connectivity index is 0.000000161. The molecule has 0 amide bonds. The molecule has 0 spiro atoms. The van der Waals surface area contributed by atoms with Gasteiger partial charge in [-0.05, 0) is 117 Å². The zero-order chi connectivity index (χ0) is 60.2. The van der Waals surface area contributed by atoms with E-state index in [0.29, 0.717) is 50.5 Å². The Kier molecular flexibility index (Phi) is 17.1. The number of nitrogens with zero attached hydrogens (tertiary/aromatic N) is 9. The average Bonchev–Trinajstić information content (AvgIpc) is 1.19. The van der Waals surface area contributed by atoms with Crippen molar-refractivity contribution in [2.45, 2.75) is 77.7 Å². The number of aryl methyl sites for hydroxylation is 3. The van der Waals surface area contributed by atoms with Gasteiger partial charge in [-0.3, -0.25) is 28.7 Å². The molecule has 2 aliphatic rings. The van der Waals surface area contributed by atoms with Gasteiger partial charge in [-0.25, -0.2) is 24.6 Å². The zero-order valence-corrected chi connectivity index (χ0v) is 48.5. The summed E-state index contributed by atoms with van der Waals surface area (Å²) >= 11 is 6.35. The van der Waals surface area contributed by atoms with Gasteiger partial charge in [0.2, 0.25) is 28.4 Å². The van der Waals surface area contributed by atoms with Crippen LogP contribution in [0.2, 0.25) is 5.02 Å². The number of anilines is 3. The molecule has 18 nitrogen and oxygen atoms in total. The second kappa shape index (κ2) is 24.4. The molecule has 9 aromatic rings. The first-order valence-corrected chi connectivity index (χ1v) is 27.2. The van der Waals surface area contributed by atoms with Crippen molar-refractivity contribution in [1.82, 2.24) is 33.6 Å². The van der Waals surface area contributed by atoms with Crippen molar-refractivity contribution in [1.29, 1.82) is 0 Å². The van der Waals surface area contributed by atoms with Crippen molar-refractivity contribution >= 4 is 75.8 Å². The quantitative estimate of drug-likeness (QED) is 0.0860. The second-order valence-electron chi connectivity index (χ2n) is 21.3. The number of benzene rings is 4. The molecule has 1 aliphatic heterocycles. The maximum absolute atomic E-state index is 14.3. The smallest absolute Gasteiger partial charge is 0.399 e. The van der Waals surface area contributed by atoms with Crippen LogP contribution >= 0.6 is 11.6 Å². The normalized spacial score (nSPS) is 15.4. The Morgan fingerprint density at radius 1 is 0.714 bits per heavy atom. The van der Waals surface area contributed by atoms with Crippen LogP contribution in [0.1, 0.15) is 86.5 Å². The molecule has 84 heavy (non-hydrogen) atoms. The summed E-state index contributed by atoms with van der Waals surface area (Å²) in [5, 5.41) is 8.14. The van der Waals surface area contributed by atoms with Gasteiger partial charge in [0.1, 0.15) is 17.5 Å². The van der Waals surface area contributed by atoms with Crippen molar-refractivity contribution in [3.63, 3.8) is 0 Å². The Morgan fingerprint density at radius 3 is 1.95 bits per heavy atom. The Bertz CT molecular complexity index is 4290. The van der Waals surface area contributed by atoms with E-state index in [0.717, 1.165) is 38.7 Å². The minimum Gasteiger partial charge on any atom is -0.399 e. The number of nitrogen functional groups attached to an aromatic ring is 1. The third kappa shape index (κ3) is 12.2. The van der Waals surface area contributed by atoms with E-state index in [-0.39, 0.29) is 57.4 Å². The van der Waals surface area contributed by atoms with Crippen LogP contribution in [0, 0.1) is 20.1 Å². The SMILES string of the molecule is Cn1cc(B2OC(C)(C)C(C)(C)O2)ccc1=O.[C-]#[N+]c1cnc(C)nc1N[C@@H](C)C1=Cc2cccc(-c3ccc(=O)n(C)c3)c2C(=O)C1c1ccccc1.[C-]#[N+]c1cnc(N)nc1N[C@@H](C)c1cc2cccc(Cl)c2c(=O)n1-c1ccccc1. The number of hydrogen-bond donors (Lipinski definition) is 3. The molecule has 0 radical (unpaired) electrons. The molecule has 4 N–H and O–H groups in total. The number of pyridine rings is 3. The van der Waals surface area contributed by atoms with Gasteiger partial charge in [0.15, 0.2) is 5.78 Å². The molecule has 6 heterocycles. The highest BCUT2D eigenvalue weighted by atomic mass is 35.5. The van der Waals surface area contributed by atoms with E-state index in [4.69, 9.17) is 39.8 Å². The van der Waals surface area contributed by atoms with E-state index < -0.39 is 13.0 Å². The first-order valence-electron chi connectivity index (χ1n) is 26.9. The van der Waals surface area contributed by atoms with Crippen LogP contribution in [0.4, 0.5) is 29.0 Å². The Morgan fingerprint density at radius 2 is 1.31 bits per heavy atom. The molecular weight excluding hydrogens is 1080 g/mol. The number of aromatic nitrogens is 7. The van der Waals surface area contributed by atoms with Gasteiger partial charge in [0.05, 0.1) is 46.7 Å². The summed E-state index contributed by atoms with van der Waals surface area (Å²) in [5.41, 5.74) is 12.3. The lowest BCUT2D eigenvalue weighted by Crippen LogP contribution is -2.41. The molecule has 0 saturated carbocycles. The molecule has 20 heteroatoms. The molecule has 3 atom stereocenters. The largest absolute Gasteiger partial charge is 0.496 e. The molecule has 5 aromatic heterocycles. The highest BCUT2D eigenvalue weighted by molar-refractivity contribution is 6.62. The topological polar surface area (TPSA) is 212 Å². The van der Waals surface area contributed by atoms with Gasteiger partial charge in [0.25, 0.3) is 5.56 Å². The first kappa shape index (κ1) is 58.9. The van der Waals surface area contributed by atoms with Crippen LogP contribution < -0.4 is 38.5 Å². The molecule has 0 bridgehead atoms. The Labute approximate surface area is 491 Å². The van der Waals surface area contributed by atoms with E-state index in [1.54, 1.807) is 62.2 Å². The molecule has 1 saturated heterocycles. The Hall–Kier alpha value is -9.79. The van der Waals surface area contributed by atoms with Crippen LogP contribution in [0.5, 0.6) is 0 Å². The predicted molar refractivity (Wildman–Crippen MR) is 331 cm³/mol. The van der Waals surface area contributed by atoms with Gasteiger partial charge in [-0.15, -0.1) is 0 Å². The molecular formula is C64H60BClN12O6.